The van der Waals surface area contributed by atoms with Crippen molar-refractivity contribution in [2.45, 2.75) is 58.0 Å². The lowest BCUT2D eigenvalue weighted by Crippen LogP contribution is -2.53. The maximum Gasteiger partial charge on any atom is 0.328 e. The van der Waals surface area contributed by atoms with Crippen molar-refractivity contribution in [1.82, 2.24) is 10.6 Å². The number of hydrogen-bond donors (Lipinski definition) is 2. The van der Waals surface area contributed by atoms with E-state index < -0.39 is 35.7 Å². The Kier molecular flexibility index (Phi) is 8.52. The summed E-state index contributed by atoms with van der Waals surface area (Å²) in [4.78, 5) is 36.9. The summed E-state index contributed by atoms with van der Waals surface area (Å²) < 4.78 is 18.4. The molecular formula is C25H31FN2O4. The molecule has 172 valence electrons. The minimum absolute atomic E-state index is 0.00299. The highest BCUT2D eigenvalue weighted by Crippen LogP contribution is 2.22. The van der Waals surface area contributed by atoms with Gasteiger partial charge in [0.1, 0.15) is 17.9 Å². The number of benzene rings is 2. The van der Waals surface area contributed by atoms with Crippen LogP contribution in [0.2, 0.25) is 0 Å². The molecule has 6 nitrogen and oxygen atoms in total. The highest BCUT2D eigenvalue weighted by molar-refractivity contribution is 5.90. The number of hydrogen-bond acceptors (Lipinski definition) is 4. The lowest BCUT2D eigenvalue weighted by atomic mass is 9.86. The highest BCUT2D eigenvalue weighted by atomic mass is 19.1. The first-order valence-electron chi connectivity index (χ1n) is 10.5. The lowest BCUT2D eigenvalue weighted by Gasteiger charge is -2.23. The molecule has 0 saturated carbocycles. The molecular weight excluding hydrogens is 411 g/mol. The Bertz CT molecular complexity index is 951. The first kappa shape index (κ1) is 25.0. The van der Waals surface area contributed by atoms with Crippen molar-refractivity contribution in [3.8, 4) is 0 Å². The largest absolute Gasteiger partial charge is 0.467 e. The molecule has 2 rings (SSSR count). The monoisotopic (exact) mass is 442 g/mol. The zero-order valence-electron chi connectivity index (χ0n) is 19.2. The first-order chi connectivity index (χ1) is 15.0. The number of methoxy groups -OCH3 is 1. The van der Waals surface area contributed by atoms with Crippen molar-refractivity contribution in [3.63, 3.8) is 0 Å². The number of ether oxygens (including phenoxy) is 1. The number of carbonyl (C=O) groups excluding carboxylic acids is 3. The Morgan fingerprint density at radius 1 is 0.938 bits per heavy atom. The van der Waals surface area contributed by atoms with E-state index in [0.29, 0.717) is 5.56 Å². The molecule has 0 heterocycles. The standard InChI is InChI=1S/C25H31FN2O4/c1-16(29)27-21(15-18-7-6-8-20(26)13-18)23(30)28-22(24(31)32-5)14-17-9-11-19(12-10-17)25(2,3)4/h6-13,21-22H,14-15H2,1-5H3,(H,27,29)(H,28,30)/t21-,22-/m1/s1. The lowest BCUT2D eigenvalue weighted by molar-refractivity contribution is -0.145. The fourth-order valence-corrected chi connectivity index (χ4v) is 3.34. The topological polar surface area (TPSA) is 84.5 Å². The Morgan fingerprint density at radius 3 is 2.09 bits per heavy atom. The zero-order chi connectivity index (χ0) is 23.9. The summed E-state index contributed by atoms with van der Waals surface area (Å²) in [7, 11) is 1.25. The summed E-state index contributed by atoms with van der Waals surface area (Å²) in [6, 6.07) is 11.7. The summed E-state index contributed by atoms with van der Waals surface area (Å²) in [6.07, 6.45) is 0.312. The third-order valence-electron chi connectivity index (χ3n) is 5.08. The van der Waals surface area contributed by atoms with E-state index in [0.717, 1.165) is 11.1 Å². The molecule has 0 aliphatic rings. The second kappa shape index (κ2) is 10.9. The van der Waals surface area contributed by atoms with Gasteiger partial charge in [0.15, 0.2) is 0 Å². The quantitative estimate of drug-likeness (QED) is 0.616. The van der Waals surface area contributed by atoms with Gasteiger partial charge < -0.3 is 15.4 Å². The molecule has 0 aliphatic heterocycles. The number of halogens is 1. The van der Waals surface area contributed by atoms with Crippen LogP contribution in [0.4, 0.5) is 4.39 Å². The van der Waals surface area contributed by atoms with Gasteiger partial charge in [-0.1, -0.05) is 57.2 Å². The Hall–Kier alpha value is -3.22. The minimum Gasteiger partial charge on any atom is -0.467 e. The van der Waals surface area contributed by atoms with Crippen molar-refractivity contribution in [1.29, 1.82) is 0 Å². The number of carbonyl (C=O) groups is 3. The smallest absolute Gasteiger partial charge is 0.328 e. The van der Waals surface area contributed by atoms with E-state index in [4.69, 9.17) is 4.74 Å². The SMILES string of the molecule is COC(=O)[C@@H](Cc1ccc(C(C)(C)C)cc1)NC(=O)[C@@H](Cc1cccc(F)c1)NC(C)=O. The van der Waals surface area contributed by atoms with E-state index in [1.54, 1.807) is 6.07 Å². The van der Waals surface area contributed by atoms with Crippen LogP contribution in [-0.2, 0) is 37.4 Å². The van der Waals surface area contributed by atoms with Gasteiger partial charge >= 0.3 is 5.97 Å². The maximum atomic E-state index is 13.5. The van der Waals surface area contributed by atoms with Crippen LogP contribution in [0.15, 0.2) is 48.5 Å². The normalized spacial score (nSPS) is 13.1. The molecule has 32 heavy (non-hydrogen) atoms. The van der Waals surface area contributed by atoms with Crippen molar-refractivity contribution in [3.05, 3.63) is 71.0 Å². The van der Waals surface area contributed by atoms with Crippen molar-refractivity contribution >= 4 is 17.8 Å². The van der Waals surface area contributed by atoms with Gasteiger partial charge in [-0.3, -0.25) is 9.59 Å². The molecule has 0 radical (unpaired) electrons. The molecule has 2 aromatic rings. The summed E-state index contributed by atoms with van der Waals surface area (Å²) in [6.45, 7) is 7.63. The van der Waals surface area contributed by atoms with Crippen LogP contribution in [0.25, 0.3) is 0 Å². The number of esters is 1. The molecule has 2 atom stereocenters. The molecule has 2 amide bonds. The van der Waals surface area contributed by atoms with Gasteiger partial charge in [-0.05, 0) is 34.2 Å². The van der Waals surface area contributed by atoms with E-state index in [-0.39, 0.29) is 18.3 Å². The third-order valence-corrected chi connectivity index (χ3v) is 5.08. The van der Waals surface area contributed by atoms with Gasteiger partial charge in [-0.15, -0.1) is 0 Å². The highest BCUT2D eigenvalue weighted by Gasteiger charge is 2.27. The summed E-state index contributed by atoms with van der Waals surface area (Å²) in [5.41, 5.74) is 2.55. The Morgan fingerprint density at radius 2 is 1.56 bits per heavy atom. The van der Waals surface area contributed by atoms with Crippen LogP contribution < -0.4 is 10.6 Å². The predicted octanol–water partition coefficient (Wildman–Crippen LogP) is 3.07. The average molecular weight is 443 g/mol. The molecule has 0 spiro atoms. The number of rotatable bonds is 8. The first-order valence-corrected chi connectivity index (χ1v) is 10.5. The molecule has 0 fully saturated rings. The van der Waals surface area contributed by atoms with Crippen LogP contribution in [0, 0.1) is 5.82 Å². The van der Waals surface area contributed by atoms with Crippen LogP contribution >= 0.6 is 0 Å². The van der Waals surface area contributed by atoms with E-state index in [2.05, 4.69) is 31.4 Å². The number of nitrogens with one attached hydrogen (secondary N) is 2. The van der Waals surface area contributed by atoms with Crippen molar-refractivity contribution < 1.29 is 23.5 Å². The number of amides is 2. The van der Waals surface area contributed by atoms with Gasteiger partial charge in [0.2, 0.25) is 11.8 Å². The predicted molar refractivity (Wildman–Crippen MR) is 121 cm³/mol. The van der Waals surface area contributed by atoms with Gasteiger partial charge in [0, 0.05) is 19.8 Å². The molecule has 2 aromatic carbocycles. The van der Waals surface area contributed by atoms with E-state index in [9.17, 15) is 18.8 Å². The van der Waals surface area contributed by atoms with Gasteiger partial charge in [0.25, 0.3) is 0 Å². The fourth-order valence-electron chi connectivity index (χ4n) is 3.34. The molecule has 2 N–H and O–H groups in total. The van der Waals surface area contributed by atoms with E-state index in [1.807, 2.05) is 24.3 Å². The average Bonchev–Trinajstić information content (AvgIpc) is 2.71. The summed E-state index contributed by atoms with van der Waals surface area (Å²) in [5, 5.41) is 5.25. The summed E-state index contributed by atoms with van der Waals surface area (Å²) in [5.74, 6) is -1.98. The maximum absolute atomic E-state index is 13.5. The molecule has 0 unspecified atom stereocenters. The van der Waals surface area contributed by atoms with E-state index >= 15 is 0 Å². The van der Waals surface area contributed by atoms with Crippen molar-refractivity contribution in [2.75, 3.05) is 7.11 Å². The third kappa shape index (κ3) is 7.48. The van der Waals surface area contributed by atoms with Gasteiger partial charge in [0.05, 0.1) is 7.11 Å². The summed E-state index contributed by atoms with van der Waals surface area (Å²) >= 11 is 0. The van der Waals surface area contributed by atoms with Crippen LogP contribution in [-0.4, -0.2) is 37.0 Å². The molecule has 0 aromatic heterocycles. The van der Waals surface area contributed by atoms with E-state index in [1.165, 1.54) is 32.2 Å². The fraction of sp³-hybridized carbons (Fsp3) is 0.400. The Labute approximate surface area is 188 Å². The molecule has 0 aliphatic carbocycles. The van der Waals surface area contributed by atoms with Gasteiger partial charge in [-0.25, -0.2) is 9.18 Å². The second-order valence-electron chi connectivity index (χ2n) is 8.82. The molecule has 0 bridgehead atoms. The van der Waals surface area contributed by atoms with Crippen LogP contribution in [0.5, 0.6) is 0 Å². The van der Waals surface area contributed by atoms with Crippen molar-refractivity contribution in [2.24, 2.45) is 0 Å². The Balaban J connectivity index is 2.18. The molecule has 0 saturated heterocycles. The minimum atomic E-state index is -0.968. The second-order valence-corrected chi connectivity index (χ2v) is 8.82. The van der Waals surface area contributed by atoms with Gasteiger partial charge in [-0.2, -0.15) is 0 Å². The molecule has 7 heteroatoms. The zero-order valence-corrected chi connectivity index (χ0v) is 19.2. The van der Waals surface area contributed by atoms with Crippen LogP contribution in [0.1, 0.15) is 44.4 Å². The van der Waals surface area contributed by atoms with Crippen LogP contribution in [0.3, 0.4) is 0 Å².